The molecule has 21 heavy (non-hydrogen) atoms. The highest BCUT2D eigenvalue weighted by Crippen LogP contribution is 2.09. The molecular formula is C14H21N3O4. The van der Waals surface area contributed by atoms with Crippen molar-refractivity contribution < 1.29 is 19.8 Å². The van der Waals surface area contributed by atoms with Gasteiger partial charge in [-0.25, -0.2) is 0 Å². The predicted octanol–water partition coefficient (Wildman–Crippen LogP) is -0.598. The molecule has 0 radical (unpaired) electrons. The summed E-state index contributed by atoms with van der Waals surface area (Å²) in [6.45, 7) is 2.71. The Morgan fingerprint density at radius 3 is 2.67 bits per heavy atom. The normalized spacial score (nSPS) is 12.6. The number of aliphatic hydroxyl groups is 2. The monoisotopic (exact) mass is 295 g/mol. The lowest BCUT2D eigenvalue weighted by molar-refractivity contribution is -0.137. The van der Waals surface area contributed by atoms with Gasteiger partial charge in [-0.3, -0.25) is 14.6 Å². The molecule has 116 valence electrons. The Kier molecular flexibility index (Phi) is 5.80. The molecule has 0 aliphatic rings. The second-order valence-electron chi connectivity index (χ2n) is 5.34. The number of hydrogen-bond donors (Lipinski definition) is 3. The van der Waals surface area contributed by atoms with Crippen LogP contribution in [-0.4, -0.2) is 63.8 Å². The minimum atomic E-state index is -1.14. The number of pyridine rings is 1. The van der Waals surface area contributed by atoms with Crippen molar-refractivity contribution in [2.24, 2.45) is 0 Å². The second-order valence-corrected chi connectivity index (χ2v) is 5.34. The van der Waals surface area contributed by atoms with Crippen molar-refractivity contribution in [2.75, 3.05) is 20.2 Å². The first-order chi connectivity index (χ1) is 9.77. The van der Waals surface area contributed by atoms with E-state index in [0.717, 1.165) is 0 Å². The summed E-state index contributed by atoms with van der Waals surface area (Å²) >= 11 is 0. The summed E-state index contributed by atoms with van der Waals surface area (Å²) in [6, 6.07) is 3.23. The van der Waals surface area contributed by atoms with E-state index in [0.29, 0.717) is 5.56 Å². The van der Waals surface area contributed by atoms with Gasteiger partial charge in [0.2, 0.25) is 5.91 Å². The number of aromatic nitrogens is 1. The lowest BCUT2D eigenvalue weighted by atomic mass is 10.0. The molecule has 1 heterocycles. The summed E-state index contributed by atoms with van der Waals surface area (Å²) in [5, 5.41) is 20.8. The summed E-state index contributed by atoms with van der Waals surface area (Å²) in [5.41, 5.74) is -0.784. The number of hydrogen-bond acceptors (Lipinski definition) is 5. The fourth-order valence-electron chi connectivity index (χ4n) is 1.84. The molecule has 1 aromatic heterocycles. The average molecular weight is 295 g/mol. The standard InChI is InChI=1S/C14H21N3O4/c1-14(2,13(21)17(3)8-11(19)9-18)16-12(20)10-5-4-6-15-7-10/h4-7,11,18-19H,8-9H2,1-3H3,(H,16,20). The summed E-state index contributed by atoms with van der Waals surface area (Å²) in [4.78, 5) is 29.5. The molecule has 0 aliphatic heterocycles. The van der Waals surface area contributed by atoms with Gasteiger partial charge < -0.3 is 20.4 Å². The van der Waals surface area contributed by atoms with Gasteiger partial charge in [0.1, 0.15) is 5.54 Å². The Hall–Kier alpha value is -1.99. The first-order valence-corrected chi connectivity index (χ1v) is 6.55. The van der Waals surface area contributed by atoms with Gasteiger partial charge >= 0.3 is 0 Å². The maximum Gasteiger partial charge on any atom is 0.253 e. The number of likely N-dealkylation sites (N-methyl/N-ethyl adjacent to an activating group) is 1. The average Bonchev–Trinajstić information content (AvgIpc) is 2.46. The maximum atomic E-state index is 12.3. The van der Waals surface area contributed by atoms with Crippen LogP contribution in [-0.2, 0) is 4.79 Å². The van der Waals surface area contributed by atoms with E-state index in [9.17, 15) is 14.7 Å². The SMILES string of the molecule is CN(CC(O)CO)C(=O)C(C)(C)NC(=O)c1cccnc1. The summed E-state index contributed by atoms with van der Waals surface area (Å²) in [7, 11) is 1.50. The molecule has 0 aromatic carbocycles. The van der Waals surface area contributed by atoms with Crippen molar-refractivity contribution in [3.8, 4) is 0 Å². The van der Waals surface area contributed by atoms with E-state index >= 15 is 0 Å². The van der Waals surface area contributed by atoms with Crippen molar-refractivity contribution in [1.82, 2.24) is 15.2 Å². The zero-order chi connectivity index (χ0) is 16.0. The minimum absolute atomic E-state index is 0.0124. The van der Waals surface area contributed by atoms with E-state index in [-0.39, 0.29) is 12.5 Å². The van der Waals surface area contributed by atoms with E-state index in [1.807, 2.05) is 0 Å². The summed E-state index contributed by atoms with van der Waals surface area (Å²) in [5.74, 6) is -0.773. The Labute approximate surface area is 123 Å². The molecule has 3 N–H and O–H groups in total. The van der Waals surface area contributed by atoms with Crippen molar-refractivity contribution >= 4 is 11.8 Å². The minimum Gasteiger partial charge on any atom is -0.394 e. The van der Waals surface area contributed by atoms with Crippen LogP contribution < -0.4 is 5.32 Å². The molecule has 0 saturated carbocycles. The first-order valence-electron chi connectivity index (χ1n) is 6.55. The molecule has 7 nitrogen and oxygen atoms in total. The fraction of sp³-hybridized carbons (Fsp3) is 0.500. The third kappa shape index (κ3) is 4.80. The summed E-state index contributed by atoms with van der Waals surface area (Å²) in [6.07, 6.45) is 1.95. The number of nitrogens with one attached hydrogen (secondary N) is 1. The molecule has 1 atom stereocenters. The number of carbonyl (C=O) groups excluding carboxylic acids is 2. The van der Waals surface area contributed by atoms with Crippen LogP contribution in [0.2, 0.25) is 0 Å². The molecule has 0 aliphatic carbocycles. The molecule has 1 rings (SSSR count). The highest BCUT2D eigenvalue weighted by Gasteiger charge is 2.33. The van der Waals surface area contributed by atoms with Crippen LogP contribution in [0.15, 0.2) is 24.5 Å². The number of nitrogens with zero attached hydrogens (tertiary/aromatic N) is 2. The van der Waals surface area contributed by atoms with Crippen LogP contribution in [0.1, 0.15) is 24.2 Å². The highest BCUT2D eigenvalue weighted by atomic mass is 16.3. The van der Waals surface area contributed by atoms with Crippen LogP contribution in [0.25, 0.3) is 0 Å². The van der Waals surface area contributed by atoms with E-state index in [2.05, 4.69) is 10.3 Å². The molecule has 1 aromatic rings. The van der Waals surface area contributed by atoms with Crippen LogP contribution >= 0.6 is 0 Å². The quantitative estimate of drug-likeness (QED) is 0.650. The first kappa shape index (κ1) is 17.1. The van der Waals surface area contributed by atoms with Crippen LogP contribution in [0.3, 0.4) is 0 Å². The Morgan fingerprint density at radius 2 is 2.14 bits per heavy atom. The zero-order valence-corrected chi connectivity index (χ0v) is 12.4. The Bertz CT molecular complexity index is 490. The van der Waals surface area contributed by atoms with Gasteiger partial charge in [0.05, 0.1) is 18.3 Å². The highest BCUT2D eigenvalue weighted by molar-refractivity contribution is 5.98. The van der Waals surface area contributed by atoms with Gasteiger partial charge in [-0.05, 0) is 26.0 Å². The van der Waals surface area contributed by atoms with Gasteiger partial charge in [-0.15, -0.1) is 0 Å². The van der Waals surface area contributed by atoms with Crippen molar-refractivity contribution in [3.05, 3.63) is 30.1 Å². The molecule has 1 unspecified atom stereocenters. The number of carbonyl (C=O) groups is 2. The van der Waals surface area contributed by atoms with Gasteiger partial charge in [-0.2, -0.15) is 0 Å². The Balaban J connectivity index is 2.72. The molecule has 0 spiro atoms. The van der Waals surface area contributed by atoms with Gasteiger partial charge in [0, 0.05) is 26.0 Å². The predicted molar refractivity (Wildman–Crippen MR) is 76.5 cm³/mol. The van der Waals surface area contributed by atoms with E-state index in [4.69, 9.17) is 5.11 Å². The number of aliphatic hydroxyl groups excluding tert-OH is 2. The molecule has 0 saturated heterocycles. The Morgan fingerprint density at radius 1 is 1.48 bits per heavy atom. The summed E-state index contributed by atoms with van der Waals surface area (Å²) < 4.78 is 0. The zero-order valence-electron chi connectivity index (χ0n) is 12.4. The van der Waals surface area contributed by atoms with Crippen LogP contribution in [0.5, 0.6) is 0 Å². The third-order valence-electron chi connectivity index (χ3n) is 2.93. The molecule has 0 bridgehead atoms. The van der Waals surface area contributed by atoms with Crippen molar-refractivity contribution in [1.29, 1.82) is 0 Å². The lowest BCUT2D eigenvalue weighted by Crippen LogP contribution is -2.56. The molecular weight excluding hydrogens is 274 g/mol. The van der Waals surface area contributed by atoms with Gasteiger partial charge in [0.15, 0.2) is 0 Å². The van der Waals surface area contributed by atoms with E-state index < -0.39 is 24.2 Å². The van der Waals surface area contributed by atoms with Crippen molar-refractivity contribution in [3.63, 3.8) is 0 Å². The fourth-order valence-corrected chi connectivity index (χ4v) is 1.84. The van der Waals surface area contributed by atoms with E-state index in [1.54, 1.807) is 32.2 Å². The van der Waals surface area contributed by atoms with Gasteiger partial charge in [0.25, 0.3) is 5.91 Å². The number of rotatable bonds is 6. The van der Waals surface area contributed by atoms with Crippen molar-refractivity contribution in [2.45, 2.75) is 25.5 Å². The van der Waals surface area contributed by atoms with E-state index in [1.165, 1.54) is 18.1 Å². The van der Waals surface area contributed by atoms with Crippen LogP contribution in [0, 0.1) is 0 Å². The third-order valence-corrected chi connectivity index (χ3v) is 2.93. The smallest absolute Gasteiger partial charge is 0.253 e. The van der Waals surface area contributed by atoms with Gasteiger partial charge in [-0.1, -0.05) is 0 Å². The lowest BCUT2D eigenvalue weighted by Gasteiger charge is -2.31. The largest absolute Gasteiger partial charge is 0.394 e. The molecule has 2 amide bonds. The second kappa shape index (κ2) is 7.14. The van der Waals surface area contributed by atoms with Crippen LogP contribution in [0.4, 0.5) is 0 Å². The molecule has 7 heteroatoms. The molecule has 0 fully saturated rings. The maximum absolute atomic E-state index is 12.3. The topological polar surface area (TPSA) is 103 Å². The number of amides is 2.